The Balaban J connectivity index is 1.29. The second-order valence-corrected chi connectivity index (χ2v) is 12.3. The average Bonchev–Trinajstić information content (AvgIpc) is 3.52. The summed E-state index contributed by atoms with van der Waals surface area (Å²) < 4.78 is 35.1. The van der Waals surface area contributed by atoms with Crippen LogP contribution in [-0.4, -0.2) is 28.7 Å². The summed E-state index contributed by atoms with van der Waals surface area (Å²) in [6.07, 6.45) is 0.342. The van der Waals surface area contributed by atoms with Crippen LogP contribution in [0.5, 0.6) is 0 Å². The Kier molecular flexibility index (Phi) is 6.16. The molecule has 6 aromatic rings. The lowest BCUT2D eigenvalue weighted by Gasteiger charge is -2.03. The Morgan fingerprint density at radius 2 is 1.47 bits per heavy atom. The normalized spacial score (nSPS) is 11.8. The molecule has 2 aromatic heterocycles. The zero-order valence-electron chi connectivity index (χ0n) is 20.1. The second kappa shape index (κ2) is 9.52. The molecular formula is C29H20N2O4S3. The van der Waals surface area contributed by atoms with Crippen LogP contribution in [0, 0.1) is 6.92 Å². The van der Waals surface area contributed by atoms with Gasteiger partial charge in [0.2, 0.25) is 0 Å². The molecule has 0 aliphatic carbocycles. The summed E-state index contributed by atoms with van der Waals surface area (Å²) in [6.45, 7) is 1.65. The number of rotatable bonds is 6. The Labute approximate surface area is 227 Å². The molecule has 0 saturated carbocycles. The fourth-order valence-corrected chi connectivity index (χ4v) is 7.69. The summed E-state index contributed by atoms with van der Waals surface area (Å²) in [5.41, 5.74) is 5.33. The van der Waals surface area contributed by atoms with Gasteiger partial charge in [0, 0.05) is 23.1 Å². The van der Waals surface area contributed by atoms with E-state index >= 15 is 0 Å². The quantitative estimate of drug-likeness (QED) is 0.172. The van der Waals surface area contributed by atoms with E-state index < -0.39 is 10.1 Å². The molecule has 0 aliphatic rings. The number of nitrogens with zero attached hydrogens (tertiary/aromatic N) is 2. The lowest BCUT2D eigenvalue weighted by atomic mass is 10.0. The van der Waals surface area contributed by atoms with Crippen molar-refractivity contribution in [1.29, 1.82) is 0 Å². The predicted molar refractivity (Wildman–Crippen MR) is 153 cm³/mol. The van der Waals surface area contributed by atoms with E-state index in [1.807, 2.05) is 72.8 Å². The van der Waals surface area contributed by atoms with Gasteiger partial charge in [-0.3, -0.25) is 9.35 Å². The number of hydrogen-bond donors (Lipinski definition) is 1. The molecule has 0 amide bonds. The maximum atomic E-state index is 12.5. The highest BCUT2D eigenvalue weighted by Gasteiger charge is 2.21. The van der Waals surface area contributed by atoms with Gasteiger partial charge in [-0.25, -0.2) is 9.97 Å². The Hall–Kier alpha value is -3.76. The first-order valence-corrected chi connectivity index (χ1v) is 14.8. The molecule has 9 heteroatoms. The fourth-order valence-electron chi connectivity index (χ4n) is 4.37. The van der Waals surface area contributed by atoms with Crippen LogP contribution in [0.15, 0.2) is 89.8 Å². The van der Waals surface area contributed by atoms with E-state index in [0.717, 1.165) is 31.9 Å². The summed E-state index contributed by atoms with van der Waals surface area (Å²) in [5.74, 6) is 0.0829. The van der Waals surface area contributed by atoms with E-state index in [-0.39, 0.29) is 10.7 Å². The lowest BCUT2D eigenvalue weighted by molar-refractivity contribution is 0.0993. The van der Waals surface area contributed by atoms with E-state index in [4.69, 9.17) is 4.98 Å². The van der Waals surface area contributed by atoms with Crippen molar-refractivity contribution in [2.75, 3.05) is 0 Å². The fraction of sp³-hybridized carbons (Fsp3) is 0.0690. The van der Waals surface area contributed by atoms with Gasteiger partial charge in [-0.05, 0) is 42.3 Å². The molecule has 0 radical (unpaired) electrons. The van der Waals surface area contributed by atoms with Gasteiger partial charge in [0.1, 0.15) is 14.9 Å². The third-order valence-corrected chi connectivity index (χ3v) is 9.64. The number of benzene rings is 4. The van der Waals surface area contributed by atoms with Gasteiger partial charge < -0.3 is 0 Å². The molecule has 0 saturated heterocycles. The van der Waals surface area contributed by atoms with E-state index in [9.17, 15) is 17.8 Å². The highest BCUT2D eigenvalue weighted by Crippen LogP contribution is 2.38. The number of aryl methyl sites for hydroxylation is 1. The van der Waals surface area contributed by atoms with Gasteiger partial charge >= 0.3 is 0 Å². The number of aromatic nitrogens is 2. The summed E-state index contributed by atoms with van der Waals surface area (Å²) >= 11 is 2.80. The van der Waals surface area contributed by atoms with Gasteiger partial charge in [-0.1, -0.05) is 60.7 Å². The van der Waals surface area contributed by atoms with Crippen molar-refractivity contribution in [3.63, 3.8) is 0 Å². The van der Waals surface area contributed by atoms with Crippen molar-refractivity contribution >= 4 is 59.0 Å². The molecule has 0 atom stereocenters. The first kappa shape index (κ1) is 24.6. The molecule has 6 rings (SSSR count). The van der Waals surface area contributed by atoms with Gasteiger partial charge in [-0.15, -0.1) is 22.7 Å². The molecule has 0 aliphatic heterocycles. The number of carbonyl (C=O) groups is 1. The molecule has 2 heterocycles. The van der Waals surface area contributed by atoms with Gasteiger partial charge in [0.05, 0.1) is 20.4 Å². The van der Waals surface area contributed by atoms with Crippen molar-refractivity contribution in [1.82, 2.24) is 9.97 Å². The standard InChI is InChI=1S/C29H20N2O4S3/c1-17-7-13-23-26(27(17)38(33,34)35)37-29(31-23)21-12-14-22-25(16-21)36-28(30-22)20-10-8-18(9-11-20)15-24(32)19-5-3-2-4-6-19/h2-14,16H,15H2,1H3,(H,33,34,35). The summed E-state index contributed by atoms with van der Waals surface area (Å²) in [6, 6.07) is 26.4. The SMILES string of the molecule is Cc1ccc2nc(-c3ccc4nc(-c5ccc(CC(=O)c6ccccc6)cc5)sc4c3)sc2c1S(=O)(=O)O. The first-order chi connectivity index (χ1) is 18.3. The smallest absolute Gasteiger partial charge is 0.294 e. The first-order valence-electron chi connectivity index (χ1n) is 11.7. The third kappa shape index (κ3) is 4.65. The summed E-state index contributed by atoms with van der Waals surface area (Å²) in [4.78, 5) is 21.8. The van der Waals surface area contributed by atoms with Gasteiger partial charge in [0.15, 0.2) is 5.78 Å². The highest BCUT2D eigenvalue weighted by molar-refractivity contribution is 7.86. The van der Waals surface area contributed by atoms with Crippen LogP contribution >= 0.6 is 22.7 Å². The molecule has 4 aromatic carbocycles. The van der Waals surface area contributed by atoms with E-state index in [1.165, 1.54) is 11.3 Å². The van der Waals surface area contributed by atoms with Crippen LogP contribution in [0.3, 0.4) is 0 Å². The van der Waals surface area contributed by atoms with Crippen LogP contribution in [0.25, 0.3) is 41.6 Å². The third-order valence-electron chi connectivity index (χ3n) is 6.26. The Morgan fingerprint density at radius 1 is 0.816 bits per heavy atom. The van der Waals surface area contributed by atoms with Crippen LogP contribution in [-0.2, 0) is 16.5 Å². The van der Waals surface area contributed by atoms with Crippen molar-refractivity contribution in [2.24, 2.45) is 0 Å². The molecule has 38 heavy (non-hydrogen) atoms. The van der Waals surface area contributed by atoms with Crippen LogP contribution < -0.4 is 0 Å². The van der Waals surface area contributed by atoms with Gasteiger partial charge in [0.25, 0.3) is 10.1 Å². The number of carbonyl (C=O) groups excluding carboxylic acids is 1. The summed E-state index contributed by atoms with van der Waals surface area (Å²) in [7, 11) is -4.37. The molecule has 0 bridgehead atoms. The molecule has 0 fully saturated rings. The van der Waals surface area contributed by atoms with Crippen molar-refractivity contribution in [3.8, 4) is 21.1 Å². The van der Waals surface area contributed by atoms with Crippen LogP contribution in [0.2, 0.25) is 0 Å². The Bertz CT molecular complexity index is 1940. The summed E-state index contributed by atoms with van der Waals surface area (Å²) in [5, 5.41) is 1.53. The average molecular weight is 557 g/mol. The second-order valence-electron chi connectivity index (χ2n) is 8.92. The topological polar surface area (TPSA) is 97.2 Å². The molecule has 0 spiro atoms. The Morgan fingerprint density at radius 3 is 2.21 bits per heavy atom. The molecular weight excluding hydrogens is 537 g/mol. The maximum Gasteiger partial charge on any atom is 0.296 e. The lowest BCUT2D eigenvalue weighted by Crippen LogP contribution is -2.02. The molecule has 6 nitrogen and oxygen atoms in total. The zero-order chi connectivity index (χ0) is 26.4. The molecule has 0 unspecified atom stereocenters. The number of fused-ring (bicyclic) bond motifs is 2. The van der Waals surface area contributed by atoms with Crippen molar-refractivity contribution in [2.45, 2.75) is 18.2 Å². The highest BCUT2D eigenvalue weighted by atomic mass is 32.2. The number of hydrogen-bond acceptors (Lipinski definition) is 7. The monoisotopic (exact) mass is 556 g/mol. The van der Waals surface area contributed by atoms with Crippen LogP contribution in [0.4, 0.5) is 0 Å². The molecule has 188 valence electrons. The number of ketones is 1. The minimum absolute atomic E-state index is 0.0829. The van der Waals surface area contributed by atoms with Crippen molar-refractivity contribution < 1.29 is 17.8 Å². The van der Waals surface area contributed by atoms with E-state index in [1.54, 1.807) is 30.4 Å². The van der Waals surface area contributed by atoms with Crippen molar-refractivity contribution in [3.05, 3.63) is 102 Å². The number of Topliss-reactive ketones (excluding diaryl/α,β-unsaturated/α-hetero) is 1. The minimum Gasteiger partial charge on any atom is -0.294 e. The number of thiazole rings is 2. The maximum absolute atomic E-state index is 12.5. The van der Waals surface area contributed by atoms with Crippen LogP contribution in [0.1, 0.15) is 21.5 Å². The minimum atomic E-state index is -4.37. The van der Waals surface area contributed by atoms with E-state index in [2.05, 4.69) is 4.98 Å². The molecule has 1 N–H and O–H groups in total. The zero-order valence-corrected chi connectivity index (χ0v) is 22.5. The van der Waals surface area contributed by atoms with E-state index in [0.29, 0.717) is 32.8 Å². The predicted octanol–water partition coefficient (Wildman–Crippen LogP) is 7.22. The largest absolute Gasteiger partial charge is 0.296 e. The van der Waals surface area contributed by atoms with Gasteiger partial charge in [-0.2, -0.15) is 8.42 Å².